The third-order valence-corrected chi connectivity index (χ3v) is 1.74. The summed E-state index contributed by atoms with van der Waals surface area (Å²) in [7, 11) is 0. The highest BCUT2D eigenvalue weighted by atomic mass is 35.5. The van der Waals surface area contributed by atoms with Gasteiger partial charge in [0.1, 0.15) is 12.3 Å². The smallest absolute Gasteiger partial charge is 0.313 e. The molecule has 1 aliphatic carbocycles. The van der Waals surface area contributed by atoms with Gasteiger partial charge < -0.3 is 10.1 Å². The van der Waals surface area contributed by atoms with Crippen LogP contribution in [-0.4, -0.2) is 24.5 Å². The maximum absolute atomic E-state index is 11.0. The zero-order chi connectivity index (χ0) is 9.68. The van der Waals surface area contributed by atoms with E-state index in [1.807, 2.05) is 6.92 Å². The van der Waals surface area contributed by atoms with Gasteiger partial charge in [-0.15, -0.1) is 12.4 Å². The average Bonchev–Trinajstić information content (AvgIpc) is 2.84. The molecular weight excluding hydrogens is 204 g/mol. The number of ether oxygens (including phenoxy) is 1. The van der Waals surface area contributed by atoms with Crippen molar-refractivity contribution in [3.63, 3.8) is 0 Å². The number of amidine groups is 1. The lowest BCUT2D eigenvalue weighted by molar-refractivity contribution is -0.142. The van der Waals surface area contributed by atoms with E-state index in [2.05, 4.69) is 5.32 Å². The van der Waals surface area contributed by atoms with Gasteiger partial charge >= 0.3 is 5.97 Å². The molecule has 1 rings (SSSR count). The maximum atomic E-state index is 11.0. The fourth-order valence-electron chi connectivity index (χ4n) is 0.936. The van der Waals surface area contributed by atoms with E-state index in [0.29, 0.717) is 12.6 Å². The van der Waals surface area contributed by atoms with Gasteiger partial charge in [-0.05, 0) is 19.3 Å². The highest BCUT2D eigenvalue weighted by Gasteiger charge is 2.22. The molecule has 0 spiro atoms. The summed E-state index contributed by atoms with van der Waals surface area (Å²) in [6.45, 7) is 2.40. The van der Waals surface area contributed by atoms with Gasteiger partial charge in [0.2, 0.25) is 0 Å². The molecule has 5 heteroatoms. The first-order valence-corrected chi connectivity index (χ1v) is 4.72. The second-order valence-corrected chi connectivity index (χ2v) is 3.29. The molecule has 82 valence electrons. The molecule has 0 unspecified atom stereocenters. The second-order valence-electron chi connectivity index (χ2n) is 3.29. The highest BCUT2D eigenvalue weighted by Crippen LogP contribution is 2.18. The van der Waals surface area contributed by atoms with Crippen molar-refractivity contribution in [3.05, 3.63) is 0 Å². The maximum Gasteiger partial charge on any atom is 0.313 e. The SMILES string of the molecule is CCCOC(=O)CC(=N)NC1CC1.Cl. The van der Waals surface area contributed by atoms with Crippen LogP contribution in [0.25, 0.3) is 0 Å². The third-order valence-electron chi connectivity index (χ3n) is 1.74. The van der Waals surface area contributed by atoms with Gasteiger partial charge in [0, 0.05) is 6.04 Å². The van der Waals surface area contributed by atoms with Gasteiger partial charge in [-0.25, -0.2) is 0 Å². The normalized spacial score (nSPS) is 14.1. The van der Waals surface area contributed by atoms with Gasteiger partial charge in [-0.3, -0.25) is 10.2 Å². The first kappa shape index (κ1) is 13.2. The Hall–Kier alpha value is -0.770. The van der Waals surface area contributed by atoms with Crippen LogP contribution in [0.5, 0.6) is 0 Å². The topological polar surface area (TPSA) is 62.2 Å². The molecule has 0 aromatic heterocycles. The van der Waals surface area contributed by atoms with Crippen LogP contribution < -0.4 is 5.32 Å². The third kappa shape index (κ3) is 5.80. The summed E-state index contributed by atoms with van der Waals surface area (Å²) in [5.74, 6) is -0.0244. The van der Waals surface area contributed by atoms with Gasteiger partial charge in [-0.1, -0.05) is 6.92 Å². The van der Waals surface area contributed by atoms with Crippen molar-refractivity contribution in [1.82, 2.24) is 5.32 Å². The number of carbonyl (C=O) groups is 1. The molecule has 2 N–H and O–H groups in total. The zero-order valence-electron chi connectivity index (χ0n) is 8.34. The largest absolute Gasteiger partial charge is 0.465 e. The number of hydrogen-bond acceptors (Lipinski definition) is 3. The Morgan fingerprint density at radius 2 is 2.21 bits per heavy atom. The lowest BCUT2D eigenvalue weighted by Crippen LogP contribution is -2.27. The van der Waals surface area contributed by atoms with E-state index < -0.39 is 0 Å². The lowest BCUT2D eigenvalue weighted by atomic mass is 10.4. The predicted octanol–water partition coefficient (Wildman–Crippen LogP) is 1.48. The summed E-state index contributed by atoms with van der Waals surface area (Å²) >= 11 is 0. The van der Waals surface area contributed by atoms with Crippen LogP contribution in [0.1, 0.15) is 32.6 Å². The number of esters is 1. The summed E-state index contributed by atoms with van der Waals surface area (Å²) in [6.07, 6.45) is 3.14. The molecule has 1 fully saturated rings. The van der Waals surface area contributed by atoms with Crippen molar-refractivity contribution in [2.75, 3.05) is 6.61 Å². The van der Waals surface area contributed by atoms with Gasteiger partial charge in [0.05, 0.1) is 6.61 Å². The van der Waals surface area contributed by atoms with Crippen molar-refractivity contribution < 1.29 is 9.53 Å². The van der Waals surface area contributed by atoms with E-state index in [-0.39, 0.29) is 30.6 Å². The van der Waals surface area contributed by atoms with Crippen molar-refractivity contribution in [3.8, 4) is 0 Å². The molecule has 0 heterocycles. The monoisotopic (exact) mass is 220 g/mol. The first-order valence-electron chi connectivity index (χ1n) is 4.72. The van der Waals surface area contributed by atoms with Crippen LogP contribution in [0.3, 0.4) is 0 Å². The van der Waals surface area contributed by atoms with Crippen molar-refractivity contribution in [2.24, 2.45) is 0 Å². The molecule has 0 aliphatic heterocycles. The Balaban J connectivity index is 0.00000169. The number of hydrogen-bond donors (Lipinski definition) is 2. The lowest BCUT2D eigenvalue weighted by Gasteiger charge is -2.05. The summed E-state index contributed by atoms with van der Waals surface area (Å²) in [6, 6.07) is 0.437. The van der Waals surface area contributed by atoms with Gasteiger partial charge in [0.25, 0.3) is 0 Å². The molecule has 0 atom stereocenters. The number of rotatable bonds is 5. The summed E-state index contributed by atoms with van der Waals surface area (Å²) < 4.78 is 4.84. The summed E-state index contributed by atoms with van der Waals surface area (Å²) in [4.78, 5) is 11.0. The van der Waals surface area contributed by atoms with Crippen LogP contribution in [0.2, 0.25) is 0 Å². The van der Waals surface area contributed by atoms with Crippen LogP contribution in [0.15, 0.2) is 0 Å². The van der Waals surface area contributed by atoms with Crippen LogP contribution in [0.4, 0.5) is 0 Å². The molecule has 0 aromatic rings. The van der Waals surface area contributed by atoms with Gasteiger partial charge in [0.15, 0.2) is 0 Å². The number of halogens is 1. The van der Waals surface area contributed by atoms with E-state index in [1.165, 1.54) is 0 Å². The van der Waals surface area contributed by atoms with E-state index >= 15 is 0 Å². The fraction of sp³-hybridized carbons (Fsp3) is 0.778. The molecule has 0 amide bonds. The Morgan fingerprint density at radius 3 is 2.71 bits per heavy atom. The van der Waals surface area contributed by atoms with Crippen LogP contribution in [-0.2, 0) is 9.53 Å². The predicted molar refractivity (Wildman–Crippen MR) is 57.0 cm³/mol. The second kappa shape index (κ2) is 6.65. The van der Waals surface area contributed by atoms with E-state index in [1.54, 1.807) is 0 Å². The quantitative estimate of drug-likeness (QED) is 0.419. The number of carbonyl (C=O) groups excluding carboxylic acids is 1. The summed E-state index contributed by atoms with van der Waals surface area (Å²) in [5, 5.41) is 10.4. The molecule has 1 aliphatic rings. The standard InChI is InChI=1S/C9H16N2O2.ClH/c1-2-5-13-9(12)6-8(10)11-7-3-4-7;/h7H,2-6H2,1H3,(H2,10,11);1H. The Morgan fingerprint density at radius 1 is 1.57 bits per heavy atom. The van der Waals surface area contributed by atoms with Crippen LogP contribution >= 0.6 is 12.4 Å². The minimum absolute atomic E-state index is 0. The molecule has 4 nitrogen and oxygen atoms in total. The highest BCUT2D eigenvalue weighted by molar-refractivity contribution is 5.96. The van der Waals surface area contributed by atoms with Crippen molar-refractivity contribution in [2.45, 2.75) is 38.6 Å². The Bertz CT molecular complexity index is 205. The minimum atomic E-state index is -0.306. The number of nitrogens with one attached hydrogen (secondary N) is 2. The minimum Gasteiger partial charge on any atom is -0.465 e. The van der Waals surface area contributed by atoms with E-state index in [0.717, 1.165) is 19.3 Å². The molecule has 0 bridgehead atoms. The van der Waals surface area contributed by atoms with Gasteiger partial charge in [-0.2, -0.15) is 0 Å². The fourth-order valence-corrected chi connectivity index (χ4v) is 0.936. The van der Waals surface area contributed by atoms with Crippen LogP contribution in [0, 0.1) is 5.41 Å². The van der Waals surface area contributed by atoms with E-state index in [4.69, 9.17) is 10.1 Å². The Labute approximate surface area is 90.3 Å². The molecular formula is C9H17ClN2O2. The van der Waals surface area contributed by atoms with Crippen molar-refractivity contribution >= 4 is 24.2 Å². The molecule has 0 saturated heterocycles. The molecule has 0 radical (unpaired) electrons. The molecule has 14 heavy (non-hydrogen) atoms. The molecule has 1 saturated carbocycles. The zero-order valence-corrected chi connectivity index (χ0v) is 9.15. The summed E-state index contributed by atoms with van der Waals surface area (Å²) in [5.41, 5.74) is 0. The van der Waals surface area contributed by atoms with E-state index in [9.17, 15) is 4.79 Å². The molecule has 0 aromatic carbocycles. The van der Waals surface area contributed by atoms with Crippen molar-refractivity contribution in [1.29, 1.82) is 5.41 Å². The Kier molecular flexibility index (Phi) is 6.28. The first-order chi connectivity index (χ1) is 6.22. The average molecular weight is 221 g/mol.